The maximum Gasteiger partial charge on any atom is 0.0105 e. The molecule has 0 aromatic carbocycles. The molecule has 86 valence electrons. The van der Waals surface area contributed by atoms with Crippen LogP contribution in [0.3, 0.4) is 0 Å². The summed E-state index contributed by atoms with van der Waals surface area (Å²) >= 11 is 0. The van der Waals surface area contributed by atoms with Gasteiger partial charge in [0.1, 0.15) is 0 Å². The van der Waals surface area contributed by atoms with Crippen molar-refractivity contribution in [3.8, 4) is 0 Å². The summed E-state index contributed by atoms with van der Waals surface area (Å²) in [6, 6.07) is 1.97. The topological polar surface area (TPSA) is 29.3 Å². The standard InChI is InChI=1S/C13H24N2/c1-9(2)6-13(14)10-7-11-4-5-12(8-10)15(11)3/h10-13H,1,4-8,14H2,2-3H3. The molecule has 2 rings (SSSR count). The minimum Gasteiger partial charge on any atom is -0.327 e. The van der Waals surface area contributed by atoms with Gasteiger partial charge >= 0.3 is 0 Å². The molecule has 3 atom stereocenters. The van der Waals surface area contributed by atoms with Crippen LogP contribution in [0.1, 0.15) is 39.0 Å². The summed E-state index contributed by atoms with van der Waals surface area (Å²) in [4.78, 5) is 2.57. The molecule has 0 aromatic heterocycles. The van der Waals surface area contributed by atoms with Crippen molar-refractivity contribution in [2.45, 2.75) is 57.2 Å². The number of hydrogen-bond donors (Lipinski definition) is 1. The minimum absolute atomic E-state index is 0.347. The molecule has 2 bridgehead atoms. The molecule has 2 N–H and O–H groups in total. The molecule has 0 amide bonds. The monoisotopic (exact) mass is 208 g/mol. The highest BCUT2D eigenvalue weighted by atomic mass is 15.2. The third kappa shape index (κ3) is 2.26. The first-order valence-electron chi connectivity index (χ1n) is 6.20. The van der Waals surface area contributed by atoms with Gasteiger partial charge in [-0.3, -0.25) is 0 Å². The molecule has 2 aliphatic heterocycles. The third-order valence-corrected chi connectivity index (χ3v) is 4.32. The van der Waals surface area contributed by atoms with E-state index in [1.54, 1.807) is 0 Å². The van der Waals surface area contributed by atoms with Crippen molar-refractivity contribution in [2.75, 3.05) is 7.05 Å². The SMILES string of the molecule is C=C(C)CC(N)C1CC2CCC(C1)N2C. The fourth-order valence-electron chi connectivity index (χ4n) is 3.37. The molecule has 0 saturated carbocycles. The minimum atomic E-state index is 0.347. The Labute approximate surface area is 93.5 Å². The van der Waals surface area contributed by atoms with Gasteiger partial charge in [-0.1, -0.05) is 5.57 Å². The lowest BCUT2D eigenvalue weighted by molar-refractivity contribution is 0.120. The van der Waals surface area contributed by atoms with Crippen molar-refractivity contribution >= 4 is 0 Å². The van der Waals surface area contributed by atoms with Crippen molar-refractivity contribution in [3.63, 3.8) is 0 Å². The summed E-state index contributed by atoms with van der Waals surface area (Å²) in [5.74, 6) is 0.732. The van der Waals surface area contributed by atoms with Crippen molar-refractivity contribution in [1.29, 1.82) is 0 Å². The van der Waals surface area contributed by atoms with E-state index in [0.29, 0.717) is 6.04 Å². The zero-order valence-corrected chi connectivity index (χ0v) is 10.1. The number of fused-ring (bicyclic) bond motifs is 2. The van der Waals surface area contributed by atoms with Gasteiger partial charge in [-0.05, 0) is 52.0 Å². The number of nitrogens with two attached hydrogens (primary N) is 1. The highest BCUT2D eigenvalue weighted by molar-refractivity contribution is 5.00. The van der Waals surface area contributed by atoms with Crippen LogP contribution in [0.5, 0.6) is 0 Å². The van der Waals surface area contributed by atoms with Crippen LogP contribution in [0.4, 0.5) is 0 Å². The number of piperidine rings is 1. The molecule has 15 heavy (non-hydrogen) atoms. The predicted octanol–water partition coefficient (Wildman–Crippen LogP) is 2.15. The van der Waals surface area contributed by atoms with E-state index in [1.807, 2.05) is 0 Å². The van der Waals surface area contributed by atoms with Crippen LogP contribution in [0.15, 0.2) is 12.2 Å². The first-order valence-corrected chi connectivity index (χ1v) is 6.20. The maximum atomic E-state index is 6.27. The van der Waals surface area contributed by atoms with E-state index in [9.17, 15) is 0 Å². The Hall–Kier alpha value is -0.340. The summed E-state index contributed by atoms with van der Waals surface area (Å²) in [5.41, 5.74) is 7.50. The lowest BCUT2D eigenvalue weighted by atomic mass is 9.83. The van der Waals surface area contributed by atoms with Crippen molar-refractivity contribution < 1.29 is 0 Å². The van der Waals surface area contributed by atoms with Crippen LogP contribution in [0.2, 0.25) is 0 Å². The second kappa shape index (κ2) is 4.26. The van der Waals surface area contributed by atoms with Gasteiger partial charge in [0.25, 0.3) is 0 Å². The van der Waals surface area contributed by atoms with Gasteiger partial charge in [-0.15, -0.1) is 6.58 Å². The van der Waals surface area contributed by atoms with Crippen molar-refractivity contribution in [3.05, 3.63) is 12.2 Å². The van der Waals surface area contributed by atoms with Gasteiger partial charge in [0, 0.05) is 18.1 Å². The van der Waals surface area contributed by atoms with Crippen LogP contribution < -0.4 is 5.73 Å². The quantitative estimate of drug-likeness (QED) is 0.720. The van der Waals surface area contributed by atoms with Gasteiger partial charge in [0.2, 0.25) is 0 Å². The van der Waals surface area contributed by atoms with E-state index < -0.39 is 0 Å². The molecule has 2 saturated heterocycles. The summed E-state index contributed by atoms with van der Waals surface area (Å²) < 4.78 is 0. The molecule has 2 heterocycles. The van der Waals surface area contributed by atoms with Gasteiger partial charge in [-0.2, -0.15) is 0 Å². The number of hydrogen-bond acceptors (Lipinski definition) is 2. The lowest BCUT2D eigenvalue weighted by Crippen LogP contribution is -2.45. The van der Waals surface area contributed by atoms with Gasteiger partial charge in [0.05, 0.1) is 0 Å². The van der Waals surface area contributed by atoms with Crippen LogP contribution in [-0.4, -0.2) is 30.1 Å². The summed E-state index contributed by atoms with van der Waals surface area (Å²) in [7, 11) is 2.28. The van der Waals surface area contributed by atoms with Gasteiger partial charge in [-0.25, -0.2) is 0 Å². The molecule has 0 radical (unpaired) electrons. The Bertz CT molecular complexity index is 235. The smallest absolute Gasteiger partial charge is 0.0105 e. The Morgan fingerprint density at radius 1 is 1.40 bits per heavy atom. The van der Waals surface area contributed by atoms with E-state index in [0.717, 1.165) is 24.4 Å². The first kappa shape index (κ1) is 11.2. The van der Waals surface area contributed by atoms with Gasteiger partial charge in [0.15, 0.2) is 0 Å². The van der Waals surface area contributed by atoms with Crippen LogP contribution in [0.25, 0.3) is 0 Å². The molecular weight excluding hydrogens is 184 g/mol. The molecule has 0 aliphatic carbocycles. The summed E-state index contributed by atoms with van der Waals surface area (Å²) in [6.45, 7) is 6.05. The van der Waals surface area contributed by atoms with E-state index in [2.05, 4.69) is 25.5 Å². The van der Waals surface area contributed by atoms with E-state index in [4.69, 9.17) is 5.73 Å². The fraction of sp³-hybridized carbons (Fsp3) is 0.846. The average molecular weight is 208 g/mol. The first-order chi connectivity index (χ1) is 7.08. The Kier molecular flexibility index (Phi) is 3.17. The molecule has 0 spiro atoms. The fourth-order valence-corrected chi connectivity index (χ4v) is 3.37. The van der Waals surface area contributed by atoms with Crippen LogP contribution >= 0.6 is 0 Å². The number of nitrogens with zero attached hydrogens (tertiary/aromatic N) is 1. The van der Waals surface area contributed by atoms with Crippen molar-refractivity contribution in [2.24, 2.45) is 11.7 Å². The van der Waals surface area contributed by atoms with E-state index >= 15 is 0 Å². The predicted molar refractivity (Wildman–Crippen MR) is 64.7 cm³/mol. The second-order valence-corrected chi connectivity index (χ2v) is 5.61. The van der Waals surface area contributed by atoms with Crippen LogP contribution in [-0.2, 0) is 0 Å². The zero-order chi connectivity index (χ0) is 11.0. The molecule has 3 unspecified atom stereocenters. The Balaban J connectivity index is 1.93. The van der Waals surface area contributed by atoms with E-state index in [-0.39, 0.29) is 0 Å². The van der Waals surface area contributed by atoms with Crippen LogP contribution in [0, 0.1) is 5.92 Å². The van der Waals surface area contributed by atoms with Gasteiger partial charge < -0.3 is 10.6 Å². The molecular formula is C13H24N2. The summed E-state index contributed by atoms with van der Waals surface area (Å²) in [6.07, 6.45) is 6.39. The highest BCUT2D eigenvalue weighted by Gasteiger charge is 2.39. The molecule has 2 heteroatoms. The largest absolute Gasteiger partial charge is 0.327 e. The highest BCUT2D eigenvalue weighted by Crippen LogP contribution is 2.39. The normalized spacial score (nSPS) is 37.9. The molecule has 2 aliphatic rings. The Morgan fingerprint density at radius 2 is 1.93 bits per heavy atom. The average Bonchev–Trinajstić information content (AvgIpc) is 2.38. The molecule has 2 fully saturated rings. The third-order valence-electron chi connectivity index (χ3n) is 4.32. The summed E-state index contributed by atoms with van der Waals surface area (Å²) in [5, 5.41) is 0. The zero-order valence-electron chi connectivity index (χ0n) is 10.1. The second-order valence-electron chi connectivity index (χ2n) is 5.61. The molecule has 0 aromatic rings. The Morgan fingerprint density at radius 3 is 2.40 bits per heavy atom. The van der Waals surface area contributed by atoms with E-state index in [1.165, 1.54) is 31.3 Å². The maximum absolute atomic E-state index is 6.27. The molecule has 2 nitrogen and oxygen atoms in total. The lowest BCUT2D eigenvalue weighted by Gasteiger charge is -2.38. The van der Waals surface area contributed by atoms with Crippen molar-refractivity contribution in [1.82, 2.24) is 4.90 Å². The number of rotatable bonds is 3.